The highest BCUT2D eigenvalue weighted by atomic mass is 19.1. The number of benzene rings is 2. The minimum Gasteiger partial charge on any atom is -0.486 e. The highest BCUT2D eigenvalue weighted by Crippen LogP contribution is 2.34. The van der Waals surface area contributed by atoms with E-state index < -0.39 is 23.7 Å². The summed E-state index contributed by atoms with van der Waals surface area (Å²) in [6, 6.07) is 9.15. The number of carbonyl (C=O) groups excluding carboxylic acids is 3. The van der Waals surface area contributed by atoms with Crippen LogP contribution in [0, 0.1) is 5.82 Å². The third-order valence-electron chi connectivity index (χ3n) is 4.57. The standard InChI is InChI=1S/C27H29FO8/c1-6-25(29)36-22-9-7-19(15-21(22)28)20-8-10-23(32-11-13-34-26(30)17(2)3)24(16-20)33-12-14-35-27(31)18(4)5/h7-10,15-16H,2,4,6,11-14H2,1,3,5H3. The van der Waals surface area contributed by atoms with E-state index in [1.54, 1.807) is 31.2 Å². The lowest BCUT2D eigenvalue weighted by Gasteiger charge is -2.15. The third-order valence-corrected chi connectivity index (χ3v) is 4.57. The molecule has 0 bridgehead atoms. The topological polar surface area (TPSA) is 97.4 Å². The van der Waals surface area contributed by atoms with Crippen LogP contribution in [0.1, 0.15) is 27.2 Å². The van der Waals surface area contributed by atoms with Gasteiger partial charge in [0, 0.05) is 17.6 Å². The molecule has 0 spiro atoms. The van der Waals surface area contributed by atoms with Crippen molar-refractivity contribution in [3.8, 4) is 28.4 Å². The van der Waals surface area contributed by atoms with Gasteiger partial charge < -0.3 is 23.7 Å². The highest BCUT2D eigenvalue weighted by Gasteiger charge is 2.13. The van der Waals surface area contributed by atoms with Crippen molar-refractivity contribution >= 4 is 17.9 Å². The Balaban J connectivity index is 2.18. The van der Waals surface area contributed by atoms with E-state index in [0.29, 0.717) is 22.6 Å². The second-order valence-corrected chi connectivity index (χ2v) is 7.66. The van der Waals surface area contributed by atoms with Gasteiger partial charge in [-0.25, -0.2) is 14.0 Å². The maximum absolute atomic E-state index is 14.5. The number of halogens is 1. The van der Waals surface area contributed by atoms with E-state index in [-0.39, 0.29) is 49.7 Å². The quantitative estimate of drug-likeness (QED) is 0.167. The number of hydrogen-bond acceptors (Lipinski definition) is 8. The molecule has 192 valence electrons. The van der Waals surface area contributed by atoms with Crippen LogP contribution in [0.5, 0.6) is 17.2 Å². The molecule has 0 fully saturated rings. The fourth-order valence-corrected chi connectivity index (χ4v) is 2.70. The van der Waals surface area contributed by atoms with Gasteiger partial charge in [-0.05, 0) is 49.2 Å². The smallest absolute Gasteiger partial charge is 0.333 e. The van der Waals surface area contributed by atoms with Crippen molar-refractivity contribution in [3.63, 3.8) is 0 Å². The van der Waals surface area contributed by atoms with Crippen molar-refractivity contribution in [2.24, 2.45) is 0 Å². The van der Waals surface area contributed by atoms with Crippen LogP contribution in [0.25, 0.3) is 11.1 Å². The van der Waals surface area contributed by atoms with Crippen LogP contribution < -0.4 is 14.2 Å². The van der Waals surface area contributed by atoms with Crippen LogP contribution in [-0.4, -0.2) is 44.3 Å². The number of carbonyl (C=O) groups is 3. The Labute approximate surface area is 209 Å². The molecule has 8 nitrogen and oxygen atoms in total. The van der Waals surface area contributed by atoms with Gasteiger partial charge in [-0.3, -0.25) is 4.79 Å². The molecule has 0 amide bonds. The minimum atomic E-state index is -0.692. The SMILES string of the molecule is C=C(C)C(=O)OCCOc1ccc(-c2ccc(OC(=O)CC)c(F)c2)cc1OCCOC(=O)C(=C)C. The predicted octanol–water partition coefficient (Wildman–Crippen LogP) is 4.80. The minimum absolute atomic E-state index is 0.00768. The second-order valence-electron chi connectivity index (χ2n) is 7.66. The van der Waals surface area contributed by atoms with Crippen LogP contribution in [0.3, 0.4) is 0 Å². The second kappa shape index (κ2) is 13.7. The summed E-state index contributed by atoms with van der Waals surface area (Å²) in [5.74, 6) is -1.83. The molecule has 0 N–H and O–H groups in total. The number of rotatable bonds is 13. The fraction of sp³-hybridized carbons (Fsp3) is 0.296. The molecule has 0 aliphatic heterocycles. The Kier molecular flexibility index (Phi) is 10.7. The van der Waals surface area contributed by atoms with Gasteiger partial charge in [-0.15, -0.1) is 0 Å². The fourth-order valence-electron chi connectivity index (χ4n) is 2.70. The van der Waals surface area contributed by atoms with Gasteiger partial charge >= 0.3 is 17.9 Å². The molecule has 2 rings (SSSR count). The summed E-state index contributed by atoms with van der Waals surface area (Å²) < 4.78 is 41.0. The Morgan fingerprint density at radius 2 is 1.25 bits per heavy atom. The molecule has 0 aliphatic carbocycles. The van der Waals surface area contributed by atoms with E-state index in [9.17, 15) is 18.8 Å². The van der Waals surface area contributed by atoms with E-state index in [0.717, 1.165) is 0 Å². The molecular formula is C27H29FO8. The monoisotopic (exact) mass is 500 g/mol. The number of ether oxygens (including phenoxy) is 5. The largest absolute Gasteiger partial charge is 0.486 e. The summed E-state index contributed by atoms with van der Waals surface area (Å²) in [7, 11) is 0. The molecule has 0 unspecified atom stereocenters. The van der Waals surface area contributed by atoms with Crippen molar-refractivity contribution < 1.29 is 42.5 Å². The Hall–Kier alpha value is -4.14. The summed E-state index contributed by atoms with van der Waals surface area (Å²) in [5, 5.41) is 0. The van der Waals surface area contributed by atoms with Crippen molar-refractivity contribution in [3.05, 3.63) is 66.5 Å². The first-order valence-corrected chi connectivity index (χ1v) is 11.2. The molecule has 0 aromatic heterocycles. The van der Waals surface area contributed by atoms with Crippen molar-refractivity contribution in [2.45, 2.75) is 27.2 Å². The van der Waals surface area contributed by atoms with E-state index in [1.165, 1.54) is 26.0 Å². The maximum Gasteiger partial charge on any atom is 0.333 e. The molecule has 0 heterocycles. The molecule has 36 heavy (non-hydrogen) atoms. The van der Waals surface area contributed by atoms with Gasteiger partial charge in [-0.2, -0.15) is 0 Å². The lowest BCUT2D eigenvalue weighted by atomic mass is 10.0. The highest BCUT2D eigenvalue weighted by molar-refractivity contribution is 5.87. The van der Waals surface area contributed by atoms with Crippen molar-refractivity contribution in [1.82, 2.24) is 0 Å². The summed E-state index contributed by atoms with van der Waals surface area (Å²) in [6.45, 7) is 11.7. The molecule has 9 heteroatoms. The van der Waals surface area contributed by atoms with Gasteiger partial charge in [0.1, 0.15) is 26.4 Å². The molecular weight excluding hydrogens is 471 g/mol. The lowest BCUT2D eigenvalue weighted by molar-refractivity contribution is -0.140. The van der Waals surface area contributed by atoms with Crippen LogP contribution in [0.4, 0.5) is 4.39 Å². The average molecular weight is 501 g/mol. The predicted molar refractivity (Wildman–Crippen MR) is 130 cm³/mol. The van der Waals surface area contributed by atoms with E-state index in [1.807, 2.05) is 0 Å². The van der Waals surface area contributed by atoms with Gasteiger partial charge in [0.2, 0.25) is 0 Å². The number of hydrogen-bond donors (Lipinski definition) is 0. The normalized spacial score (nSPS) is 10.2. The van der Waals surface area contributed by atoms with E-state index in [4.69, 9.17) is 23.7 Å². The van der Waals surface area contributed by atoms with E-state index >= 15 is 0 Å². The van der Waals surface area contributed by atoms with E-state index in [2.05, 4.69) is 13.2 Å². The van der Waals surface area contributed by atoms with Gasteiger partial charge in [0.05, 0.1) is 0 Å². The first-order chi connectivity index (χ1) is 17.1. The zero-order valence-electron chi connectivity index (χ0n) is 20.6. The molecule has 0 atom stereocenters. The third kappa shape index (κ3) is 8.57. The Morgan fingerprint density at radius 3 is 1.75 bits per heavy atom. The van der Waals surface area contributed by atoms with Crippen molar-refractivity contribution in [1.29, 1.82) is 0 Å². The van der Waals surface area contributed by atoms with Crippen molar-refractivity contribution in [2.75, 3.05) is 26.4 Å². The molecule has 2 aromatic carbocycles. The first-order valence-electron chi connectivity index (χ1n) is 11.2. The summed E-state index contributed by atoms with van der Waals surface area (Å²) >= 11 is 0. The molecule has 0 radical (unpaired) electrons. The summed E-state index contributed by atoms with van der Waals surface area (Å²) in [6.07, 6.45) is 0.122. The van der Waals surface area contributed by atoms with Crippen LogP contribution in [-0.2, 0) is 23.9 Å². The zero-order valence-corrected chi connectivity index (χ0v) is 20.6. The summed E-state index contributed by atoms with van der Waals surface area (Å²) in [4.78, 5) is 34.6. The zero-order chi connectivity index (χ0) is 26.7. The molecule has 0 aliphatic rings. The van der Waals surface area contributed by atoms with Gasteiger partial charge in [-0.1, -0.05) is 32.2 Å². The molecule has 0 saturated carbocycles. The maximum atomic E-state index is 14.5. The Morgan fingerprint density at radius 1 is 0.750 bits per heavy atom. The summed E-state index contributed by atoms with van der Waals surface area (Å²) in [5.41, 5.74) is 1.64. The Bertz CT molecular complexity index is 1140. The van der Waals surface area contributed by atoms with Crippen LogP contribution >= 0.6 is 0 Å². The van der Waals surface area contributed by atoms with Gasteiger partial charge in [0.25, 0.3) is 0 Å². The average Bonchev–Trinajstić information content (AvgIpc) is 2.85. The molecule has 2 aromatic rings. The van der Waals surface area contributed by atoms with Crippen LogP contribution in [0.15, 0.2) is 60.7 Å². The number of esters is 3. The lowest BCUT2D eigenvalue weighted by Crippen LogP contribution is -2.14. The molecule has 0 saturated heterocycles. The van der Waals surface area contributed by atoms with Crippen LogP contribution in [0.2, 0.25) is 0 Å². The van der Waals surface area contributed by atoms with Gasteiger partial charge in [0.15, 0.2) is 23.1 Å². The first kappa shape index (κ1) is 28.1.